The van der Waals surface area contributed by atoms with E-state index >= 15 is 0 Å². The van der Waals surface area contributed by atoms with E-state index in [2.05, 4.69) is 5.32 Å². The summed E-state index contributed by atoms with van der Waals surface area (Å²) in [6.07, 6.45) is 2.68. The van der Waals surface area contributed by atoms with Gasteiger partial charge in [0.15, 0.2) is 0 Å². The first kappa shape index (κ1) is 27.2. The molecule has 1 atom stereocenters. The number of carbonyl (C=O) groups is 4. The van der Waals surface area contributed by atoms with Crippen LogP contribution in [0.5, 0.6) is 5.75 Å². The van der Waals surface area contributed by atoms with Crippen LogP contribution in [0.25, 0.3) is 0 Å². The monoisotopic (exact) mass is 521 g/mol. The van der Waals surface area contributed by atoms with Gasteiger partial charge >= 0.3 is 5.97 Å². The maximum absolute atomic E-state index is 13.1. The lowest BCUT2D eigenvalue weighted by atomic mass is 9.77. The normalized spacial score (nSPS) is 17.1. The standard InChI is InChI=1S/C29H35N3O6/c1-37-23-10-6-7-21(17-23)18-25(33)31-14-11-29(12-15-31)13-16-32(20-29)26(34)19-24(28(36)38-2)30-27(35)22-8-4-3-5-9-22/h3-10,17,24H,11-16,18-20H2,1-2H3,(H,30,35). The van der Waals surface area contributed by atoms with Gasteiger partial charge in [0.05, 0.1) is 27.1 Å². The third-order valence-electron chi connectivity index (χ3n) is 7.66. The third-order valence-corrected chi connectivity index (χ3v) is 7.66. The zero-order chi connectivity index (χ0) is 27.1. The summed E-state index contributed by atoms with van der Waals surface area (Å²) in [6.45, 7) is 2.49. The van der Waals surface area contributed by atoms with E-state index in [0.29, 0.717) is 38.2 Å². The molecule has 202 valence electrons. The van der Waals surface area contributed by atoms with Crippen LogP contribution in [-0.4, -0.2) is 79.9 Å². The van der Waals surface area contributed by atoms with Gasteiger partial charge in [-0.3, -0.25) is 14.4 Å². The molecule has 0 bridgehead atoms. The van der Waals surface area contributed by atoms with Gasteiger partial charge in [0.1, 0.15) is 11.8 Å². The molecule has 38 heavy (non-hydrogen) atoms. The minimum atomic E-state index is -1.06. The second-order valence-corrected chi connectivity index (χ2v) is 10.1. The van der Waals surface area contributed by atoms with E-state index in [1.807, 2.05) is 29.2 Å². The van der Waals surface area contributed by atoms with Gasteiger partial charge in [0.2, 0.25) is 11.8 Å². The smallest absolute Gasteiger partial charge is 0.328 e. The predicted molar refractivity (Wildman–Crippen MR) is 140 cm³/mol. The largest absolute Gasteiger partial charge is 0.497 e. The first-order valence-corrected chi connectivity index (χ1v) is 12.9. The molecule has 2 aliphatic heterocycles. The van der Waals surface area contributed by atoms with Crippen molar-refractivity contribution in [3.63, 3.8) is 0 Å². The summed E-state index contributed by atoms with van der Waals surface area (Å²) in [7, 11) is 2.85. The Kier molecular flexibility index (Phi) is 8.66. The average Bonchev–Trinajstić information content (AvgIpc) is 3.36. The number of carbonyl (C=O) groups excluding carboxylic acids is 4. The molecule has 2 aliphatic rings. The number of esters is 1. The van der Waals surface area contributed by atoms with Crippen LogP contribution in [0.3, 0.4) is 0 Å². The van der Waals surface area contributed by atoms with Crippen LogP contribution in [0.2, 0.25) is 0 Å². The Hall–Kier alpha value is -3.88. The number of nitrogens with one attached hydrogen (secondary N) is 1. The van der Waals surface area contributed by atoms with E-state index in [1.54, 1.807) is 42.3 Å². The Balaban J connectivity index is 1.29. The SMILES string of the molecule is COC(=O)C(CC(=O)N1CCC2(CCN(C(=O)Cc3cccc(OC)c3)CC2)C1)NC(=O)c1ccccc1. The summed E-state index contributed by atoms with van der Waals surface area (Å²) in [4.78, 5) is 54.6. The highest BCUT2D eigenvalue weighted by Crippen LogP contribution is 2.40. The van der Waals surface area contributed by atoms with E-state index in [0.717, 1.165) is 30.6 Å². The van der Waals surface area contributed by atoms with Gasteiger partial charge in [-0.1, -0.05) is 30.3 Å². The summed E-state index contributed by atoms with van der Waals surface area (Å²) in [5.41, 5.74) is 1.30. The zero-order valence-electron chi connectivity index (χ0n) is 22.0. The van der Waals surface area contributed by atoms with Crippen LogP contribution in [-0.2, 0) is 25.5 Å². The third kappa shape index (κ3) is 6.51. The molecule has 0 aromatic heterocycles. The molecule has 2 saturated heterocycles. The van der Waals surface area contributed by atoms with Crippen molar-refractivity contribution in [2.24, 2.45) is 5.41 Å². The van der Waals surface area contributed by atoms with Crippen LogP contribution in [0.4, 0.5) is 0 Å². The van der Waals surface area contributed by atoms with Crippen molar-refractivity contribution >= 4 is 23.7 Å². The van der Waals surface area contributed by atoms with E-state index in [-0.39, 0.29) is 23.7 Å². The first-order valence-electron chi connectivity index (χ1n) is 12.9. The van der Waals surface area contributed by atoms with Crippen molar-refractivity contribution in [3.8, 4) is 5.75 Å². The molecule has 0 aliphatic carbocycles. The minimum Gasteiger partial charge on any atom is -0.497 e. The fourth-order valence-corrected chi connectivity index (χ4v) is 5.33. The van der Waals surface area contributed by atoms with Crippen molar-refractivity contribution in [1.29, 1.82) is 0 Å². The van der Waals surface area contributed by atoms with Crippen molar-refractivity contribution < 1.29 is 28.7 Å². The van der Waals surface area contributed by atoms with Crippen molar-refractivity contribution in [3.05, 3.63) is 65.7 Å². The van der Waals surface area contributed by atoms with E-state index in [1.165, 1.54) is 7.11 Å². The molecule has 1 N–H and O–H groups in total. The Labute approximate surface area is 223 Å². The number of nitrogens with zero attached hydrogens (tertiary/aromatic N) is 2. The van der Waals surface area contributed by atoms with Crippen LogP contribution in [0.15, 0.2) is 54.6 Å². The summed E-state index contributed by atoms with van der Waals surface area (Å²) in [6, 6.07) is 15.0. The molecule has 2 aromatic carbocycles. The number of hydrogen-bond acceptors (Lipinski definition) is 6. The number of likely N-dealkylation sites (tertiary alicyclic amines) is 2. The molecule has 2 aromatic rings. The molecular weight excluding hydrogens is 486 g/mol. The lowest BCUT2D eigenvalue weighted by Gasteiger charge is -2.39. The molecule has 2 fully saturated rings. The van der Waals surface area contributed by atoms with Crippen LogP contribution in [0, 0.1) is 5.41 Å². The van der Waals surface area contributed by atoms with E-state index in [4.69, 9.17) is 9.47 Å². The fourth-order valence-electron chi connectivity index (χ4n) is 5.33. The minimum absolute atomic E-state index is 0.0313. The highest BCUT2D eigenvalue weighted by molar-refractivity contribution is 5.97. The van der Waals surface area contributed by atoms with Gasteiger partial charge in [-0.25, -0.2) is 4.79 Å². The molecule has 9 heteroatoms. The highest BCUT2D eigenvalue weighted by Gasteiger charge is 2.43. The van der Waals surface area contributed by atoms with Gasteiger partial charge < -0.3 is 24.6 Å². The first-order chi connectivity index (χ1) is 18.3. The number of hydrogen-bond donors (Lipinski definition) is 1. The maximum atomic E-state index is 13.1. The van der Waals surface area contributed by atoms with Gasteiger partial charge in [0, 0.05) is 31.7 Å². The maximum Gasteiger partial charge on any atom is 0.328 e. The molecule has 1 unspecified atom stereocenters. The average molecular weight is 522 g/mol. The number of benzene rings is 2. The molecule has 1 spiro atoms. The molecule has 0 radical (unpaired) electrons. The second-order valence-electron chi connectivity index (χ2n) is 10.1. The number of rotatable bonds is 8. The van der Waals surface area contributed by atoms with Gasteiger partial charge in [-0.2, -0.15) is 0 Å². The van der Waals surface area contributed by atoms with Crippen molar-refractivity contribution in [1.82, 2.24) is 15.1 Å². The number of amides is 3. The lowest BCUT2D eigenvalue weighted by molar-refractivity contribution is -0.146. The highest BCUT2D eigenvalue weighted by atomic mass is 16.5. The summed E-state index contributed by atoms with van der Waals surface area (Å²) in [5, 5.41) is 2.64. The van der Waals surface area contributed by atoms with Crippen LogP contribution in [0.1, 0.15) is 41.6 Å². The number of piperidine rings is 1. The van der Waals surface area contributed by atoms with Crippen molar-refractivity contribution in [2.45, 2.75) is 38.1 Å². The molecule has 2 heterocycles. The van der Waals surface area contributed by atoms with E-state index < -0.39 is 17.9 Å². The van der Waals surface area contributed by atoms with Crippen LogP contribution >= 0.6 is 0 Å². The van der Waals surface area contributed by atoms with Gasteiger partial charge in [-0.05, 0) is 54.5 Å². The second kappa shape index (κ2) is 12.1. The molecule has 0 saturated carbocycles. The predicted octanol–water partition coefficient (Wildman–Crippen LogP) is 2.44. The molecule has 3 amide bonds. The van der Waals surface area contributed by atoms with E-state index in [9.17, 15) is 19.2 Å². The van der Waals surface area contributed by atoms with Crippen LogP contribution < -0.4 is 10.1 Å². The fraction of sp³-hybridized carbons (Fsp3) is 0.448. The van der Waals surface area contributed by atoms with Gasteiger partial charge in [0.25, 0.3) is 5.91 Å². The molecule has 9 nitrogen and oxygen atoms in total. The summed E-state index contributed by atoms with van der Waals surface area (Å²) in [5.74, 6) is -0.453. The molecule has 4 rings (SSSR count). The lowest BCUT2D eigenvalue weighted by Crippen LogP contribution is -2.47. The number of ether oxygens (including phenoxy) is 2. The Morgan fingerprint density at radius 2 is 1.58 bits per heavy atom. The summed E-state index contributed by atoms with van der Waals surface area (Å²) >= 11 is 0. The number of methoxy groups -OCH3 is 2. The Morgan fingerprint density at radius 3 is 2.24 bits per heavy atom. The zero-order valence-corrected chi connectivity index (χ0v) is 22.0. The van der Waals surface area contributed by atoms with Crippen molar-refractivity contribution in [2.75, 3.05) is 40.4 Å². The Bertz CT molecular complexity index is 1160. The quantitative estimate of drug-likeness (QED) is 0.535. The molecular formula is C29H35N3O6. The Morgan fingerprint density at radius 1 is 0.895 bits per heavy atom. The van der Waals surface area contributed by atoms with Gasteiger partial charge in [-0.15, -0.1) is 0 Å². The summed E-state index contributed by atoms with van der Waals surface area (Å²) < 4.78 is 10.1. The topological polar surface area (TPSA) is 105 Å².